The number of methoxy groups -OCH3 is 1. The van der Waals surface area contributed by atoms with Gasteiger partial charge in [-0.3, -0.25) is 4.79 Å². The first-order chi connectivity index (χ1) is 13.0. The molecule has 0 aromatic heterocycles. The highest BCUT2D eigenvalue weighted by atomic mass is 19.2. The number of carbonyl (C=O) groups excluding carboxylic acids is 1. The van der Waals surface area contributed by atoms with E-state index in [1.165, 1.54) is 51.3 Å². The van der Waals surface area contributed by atoms with Crippen molar-refractivity contribution in [3.63, 3.8) is 0 Å². The van der Waals surface area contributed by atoms with Gasteiger partial charge in [0.1, 0.15) is 0 Å². The molecule has 0 bridgehead atoms. The second-order valence-electron chi connectivity index (χ2n) is 8.39. The third kappa shape index (κ3) is 4.99. The number of hydrogen-bond donors (Lipinski definition) is 0. The van der Waals surface area contributed by atoms with Crippen LogP contribution in [0, 0.1) is 35.3 Å². The van der Waals surface area contributed by atoms with E-state index in [1.54, 1.807) is 0 Å². The van der Waals surface area contributed by atoms with E-state index in [1.807, 2.05) is 0 Å². The molecule has 0 heterocycles. The standard InChI is InChI=1S/C22H30F2O3/c1-14-3-5-15(6-4-14)13-16-7-9-17(10-8-16)22(25)27-19-12-11-18(26-2)20(23)21(19)24/h11-12,14-17H,3-10,13H2,1-2H3. The molecule has 3 rings (SSSR count). The van der Waals surface area contributed by atoms with Crippen molar-refractivity contribution in [3.05, 3.63) is 23.8 Å². The van der Waals surface area contributed by atoms with Crippen LogP contribution in [0.2, 0.25) is 0 Å². The highest BCUT2D eigenvalue weighted by Crippen LogP contribution is 2.39. The molecule has 0 saturated heterocycles. The molecule has 2 aliphatic rings. The molecule has 2 saturated carbocycles. The van der Waals surface area contributed by atoms with Gasteiger partial charge < -0.3 is 9.47 Å². The van der Waals surface area contributed by atoms with Gasteiger partial charge in [0.25, 0.3) is 0 Å². The minimum atomic E-state index is -1.18. The second-order valence-corrected chi connectivity index (χ2v) is 8.39. The van der Waals surface area contributed by atoms with Gasteiger partial charge in [-0.05, 0) is 62.0 Å². The van der Waals surface area contributed by atoms with Crippen molar-refractivity contribution in [2.24, 2.45) is 23.7 Å². The topological polar surface area (TPSA) is 35.5 Å². The van der Waals surface area contributed by atoms with Crippen LogP contribution >= 0.6 is 0 Å². The summed E-state index contributed by atoms with van der Waals surface area (Å²) >= 11 is 0. The van der Waals surface area contributed by atoms with E-state index in [-0.39, 0.29) is 17.4 Å². The highest BCUT2D eigenvalue weighted by molar-refractivity contribution is 5.75. The van der Waals surface area contributed by atoms with Gasteiger partial charge in [0.2, 0.25) is 11.6 Å². The first-order valence-electron chi connectivity index (χ1n) is 10.2. The number of rotatable bonds is 5. The zero-order chi connectivity index (χ0) is 19.4. The molecular formula is C22H30F2O3. The van der Waals surface area contributed by atoms with Crippen molar-refractivity contribution < 1.29 is 23.0 Å². The number of esters is 1. The number of carbonyl (C=O) groups is 1. The lowest BCUT2D eigenvalue weighted by molar-refractivity contribution is -0.140. The Balaban J connectivity index is 1.48. The van der Waals surface area contributed by atoms with Gasteiger partial charge in [-0.2, -0.15) is 8.78 Å². The molecule has 0 spiro atoms. The van der Waals surface area contributed by atoms with E-state index < -0.39 is 17.6 Å². The van der Waals surface area contributed by atoms with E-state index in [9.17, 15) is 13.6 Å². The lowest BCUT2D eigenvalue weighted by Gasteiger charge is -2.32. The van der Waals surface area contributed by atoms with Gasteiger partial charge in [0.15, 0.2) is 11.5 Å². The molecule has 0 unspecified atom stereocenters. The average Bonchev–Trinajstić information content (AvgIpc) is 2.68. The summed E-state index contributed by atoms with van der Waals surface area (Å²) in [5.74, 6) is -1.16. The van der Waals surface area contributed by atoms with Gasteiger partial charge in [-0.1, -0.05) is 32.6 Å². The van der Waals surface area contributed by atoms with Gasteiger partial charge >= 0.3 is 5.97 Å². The lowest BCUT2D eigenvalue weighted by Crippen LogP contribution is -2.27. The largest absolute Gasteiger partial charge is 0.494 e. The smallest absolute Gasteiger partial charge is 0.314 e. The van der Waals surface area contributed by atoms with Gasteiger partial charge in [-0.25, -0.2) is 0 Å². The summed E-state index contributed by atoms with van der Waals surface area (Å²) in [7, 11) is 1.26. The zero-order valence-electron chi connectivity index (χ0n) is 16.3. The van der Waals surface area contributed by atoms with E-state index >= 15 is 0 Å². The second kappa shape index (κ2) is 9.03. The number of ether oxygens (including phenoxy) is 2. The van der Waals surface area contributed by atoms with Crippen LogP contribution in [0.25, 0.3) is 0 Å². The third-order valence-electron chi connectivity index (χ3n) is 6.42. The SMILES string of the molecule is COc1ccc(OC(=O)C2CCC(CC3CCC(C)CC3)CC2)c(F)c1F. The predicted octanol–water partition coefficient (Wildman–Crippen LogP) is 5.90. The van der Waals surface area contributed by atoms with Crippen LogP contribution in [0.5, 0.6) is 11.5 Å². The normalized spacial score (nSPS) is 28.6. The van der Waals surface area contributed by atoms with Crippen LogP contribution in [-0.2, 0) is 4.79 Å². The Hall–Kier alpha value is -1.65. The van der Waals surface area contributed by atoms with E-state index in [4.69, 9.17) is 9.47 Å². The fraction of sp³-hybridized carbons (Fsp3) is 0.682. The quantitative estimate of drug-likeness (QED) is 0.471. The van der Waals surface area contributed by atoms with Crippen LogP contribution in [-0.4, -0.2) is 13.1 Å². The minimum Gasteiger partial charge on any atom is -0.494 e. The van der Waals surface area contributed by atoms with E-state index in [0.29, 0.717) is 5.92 Å². The number of benzene rings is 1. The summed E-state index contributed by atoms with van der Waals surface area (Å²) in [5.41, 5.74) is 0. The molecule has 2 aliphatic carbocycles. The van der Waals surface area contributed by atoms with Crippen molar-refractivity contribution in [2.45, 2.75) is 64.7 Å². The fourth-order valence-electron chi connectivity index (χ4n) is 4.61. The first-order valence-corrected chi connectivity index (χ1v) is 10.2. The maximum absolute atomic E-state index is 14.0. The van der Waals surface area contributed by atoms with Crippen molar-refractivity contribution >= 4 is 5.97 Å². The molecule has 27 heavy (non-hydrogen) atoms. The van der Waals surface area contributed by atoms with Crippen LogP contribution in [0.15, 0.2) is 12.1 Å². The number of halogens is 2. The molecular weight excluding hydrogens is 350 g/mol. The molecule has 0 amide bonds. The monoisotopic (exact) mass is 380 g/mol. The Morgan fingerprint density at radius 2 is 1.44 bits per heavy atom. The Bertz CT molecular complexity index is 645. The van der Waals surface area contributed by atoms with Crippen molar-refractivity contribution in [2.75, 3.05) is 7.11 Å². The first kappa shape index (κ1) is 20.1. The van der Waals surface area contributed by atoms with E-state index in [0.717, 1.165) is 37.5 Å². The van der Waals surface area contributed by atoms with Crippen molar-refractivity contribution in [1.29, 1.82) is 0 Å². The molecule has 0 aliphatic heterocycles. The molecule has 5 heteroatoms. The van der Waals surface area contributed by atoms with E-state index in [2.05, 4.69) is 6.92 Å². The predicted molar refractivity (Wildman–Crippen MR) is 99.7 cm³/mol. The molecule has 3 nitrogen and oxygen atoms in total. The summed E-state index contributed by atoms with van der Waals surface area (Å²) in [4.78, 5) is 12.4. The Morgan fingerprint density at radius 3 is 2.04 bits per heavy atom. The molecule has 2 fully saturated rings. The van der Waals surface area contributed by atoms with Crippen molar-refractivity contribution in [3.8, 4) is 11.5 Å². The summed E-state index contributed by atoms with van der Waals surface area (Å²) in [5, 5.41) is 0. The summed E-state index contributed by atoms with van der Waals surface area (Å²) in [6.45, 7) is 2.34. The Morgan fingerprint density at radius 1 is 0.926 bits per heavy atom. The van der Waals surface area contributed by atoms with Crippen LogP contribution in [0.1, 0.15) is 64.7 Å². The molecule has 1 aromatic carbocycles. The van der Waals surface area contributed by atoms with Crippen molar-refractivity contribution in [1.82, 2.24) is 0 Å². The summed E-state index contributed by atoms with van der Waals surface area (Å²) in [6.07, 6.45) is 10.2. The average molecular weight is 380 g/mol. The summed E-state index contributed by atoms with van der Waals surface area (Å²) < 4.78 is 37.6. The van der Waals surface area contributed by atoms with Gasteiger partial charge in [0.05, 0.1) is 13.0 Å². The highest BCUT2D eigenvalue weighted by Gasteiger charge is 2.30. The third-order valence-corrected chi connectivity index (χ3v) is 6.42. The number of hydrogen-bond acceptors (Lipinski definition) is 3. The molecule has 1 aromatic rings. The van der Waals surface area contributed by atoms with Gasteiger partial charge in [-0.15, -0.1) is 0 Å². The molecule has 150 valence electrons. The molecule has 0 radical (unpaired) electrons. The minimum absolute atomic E-state index is 0.204. The molecule has 0 atom stereocenters. The fourth-order valence-corrected chi connectivity index (χ4v) is 4.61. The maximum Gasteiger partial charge on any atom is 0.314 e. The van der Waals surface area contributed by atoms with Crippen LogP contribution in [0.3, 0.4) is 0 Å². The zero-order valence-corrected chi connectivity index (χ0v) is 16.3. The Labute approximate surface area is 160 Å². The van der Waals surface area contributed by atoms with Gasteiger partial charge in [0, 0.05) is 0 Å². The maximum atomic E-state index is 14.0. The van der Waals surface area contributed by atoms with Crippen LogP contribution < -0.4 is 9.47 Å². The summed E-state index contributed by atoms with van der Waals surface area (Å²) in [6, 6.07) is 2.51. The van der Waals surface area contributed by atoms with Crippen LogP contribution in [0.4, 0.5) is 8.78 Å². The lowest BCUT2D eigenvalue weighted by atomic mass is 9.73. The molecule has 0 N–H and O–H groups in total. The Kier molecular flexibility index (Phi) is 6.72.